The van der Waals surface area contributed by atoms with E-state index in [0.717, 1.165) is 16.9 Å². The van der Waals surface area contributed by atoms with Crippen molar-refractivity contribution in [3.63, 3.8) is 0 Å². The third kappa shape index (κ3) is 3.12. The van der Waals surface area contributed by atoms with Gasteiger partial charge >= 0.3 is 0 Å². The van der Waals surface area contributed by atoms with Crippen LogP contribution in [-0.2, 0) is 0 Å². The van der Waals surface area contributed by atoms with Gasteiger partial charge in [-0.3, -0.25) is 5.84 Å². The summed E-state index contributed by atoms with van der Waals surface area (Å²) < 4.78 is 18.8. The van der Waals surface area contributed by atoms with Gasteiger partial charge < -0.3 is 4.74 Å². The third-order valence-electron chi connectivity index (χ3n) is 2.89. The number of rotatable bonds is 4. The fraction of sp³-hybridized carbons (Fsp3) is 0.143. The average molecular weight is 325 g/mol. The van der Waals surface area contributed by atoms with Crippen molar-refractivity contribution >= 4 is 15.9 Å². The monoisotopic (exact) mass is 324 g/mol. The van der Waals surface area contributed by atoms with Crippen molar-refractivity contribution in [1.29, 1.82) is 0 Å². The molecule has 0 radical (unpaired) electrons. The van der Waals surface area contributed by atoms with Gasteiger partial charge in [0.1, 0.15) is 11.6 Å². The standard InChI is InChI=1S/C14H14BrFN2O/c1-19-11-5-2-9(3-6-11)14(18-17)10-4-7-13(16)12(15)8-10/h2-8,14,18H,17H2,1H3. The number of hydrazine groups is 1. The van der Waals surface area contributed by atoms with Crippen molar-refractivity contribution in [2.45, 2.75) is 6.04 Å². The predicted octanol–water partition coefficient (Wildman–Crippen LogP) is 3.15. The smallest absolute Gasteiger partial charge is 0.137 e. The molecule has 2 rings (SSSR count). The minimum atomic E-state index is -0.297. The highest BCUT2D eigenvalue weighted by Crippen LogP contribution is 2.26. The van der Waals surface area contributed by atoms with Gasteiger partial charge in [-0.2, -0.15) is 0 Å². The molecule has 0 spiro atoms. The summed E-state index contributed by atoms with van der Waals surface area (Å²) in [6.45, 7) is 0. The summed E-state index contributed by atoms with van der Waals surface area (Å²) >= 11 is 3.18. The quantitative estimate of drug-likeness (QED) is 0.671. The van der Waals surface area contributed by atoms with E-state index >= 15 is 0 Å². The largest absolute Gasteiger partial charge is 0.497 e. The van der Waals surface area contributed by atoms with Gasteiger partial charge in [-0.15, -0.1) is 0 Å². The van der Waals surface area contributed by atoms with Crippen LogP contribution in [0, 0.1) is 5.82 Å². The highest BCUT2D eigenvalue weighted by atomic mass is 79.9. The molecule has 0 saturated heterocycles. The zero-order chi connectivity index (χ0) is 13.8. The van der Waals surface area contributed by atoms with E-state index in [1.165, 1.54) is 6.07 Å². The fourth-order valence-electron chi connectivity index (χ4n) is 1.87. The Morgan fingerprint density at radius 2 is 1.79 bits per heavy atom. The summed E-state index contributed by atoms with van der Waals surface area (Å²) in [7, 11) is 1.62. The first-order valence-electron chi connectivity index (χ1n) is 5.70. The molecule has 19 heavy (non-hydrogen) atoms. The lowest BCUT2D eigenvalue weighted by atomic mass is 9.99. The average Bonchev–Trinajstić information content (AvgIpc) is 2.44. The van der Waals surface area contributed by atoms with Gasteiger partial charge in [0.2, 0.25) is 0 Å². The number of methoxy groups -OCH3 is 1. The fourth-order valence-corrected chi connectivity index (χ4v) is 2.27. The maximum absolute atomic E-state index is 13.3. The topological polar surface area (TPSA) is 47.3 Å². The van der Waals surface area contributed by atoms with Crippen LogP contribution in [0.1, 0.15) is 17.2 Å². The molecule has 2 aromatic carbocycles. The molecule has 100 valence electrons. The lowest BCUT2D eigenvalue weighted by Gasteiger charge is -2.17. The van der Waals surface area contributed by atoms with E-state index in [4.69, 9.17) is 10.6 Å². The van der Waals surface area contributed by atoms with Crippen LogP contribution in [0.3, 0.4) is 0 Å². The summed E-state index contributed by atoms with van der Waals surface area (Å²) in [5, 5.41) is 0. The Hall–Kier alpha value is -1.43. The Balaban J connectivity index is 2.34. The number of benzene rings is 2. The first kappa shape index (κ1) is 14.0. The van der Waals surface area contributed by atoms with Crippen LogP contribution >= 0.6 is 15.9 Å². The molecular formula is C14H14BrFN2O. The zero-order valence-corrected chi connectivity index (χ0v) is 11.9. The number of ether oxygens (including phenoxy) is 1. The molecule has 5 heteroatoms. The predicted molar refractivity (Wildman–Crippen MR) is 76.3 cm³/mol. The molecular weight excluding hydrogens is 311 g/mol. The maximum Gasteiger partial charge on any atom is 0.137 e. The van der Waals surface area contributed by atoms with E-state index in [9.17, 15) is 4.39 Å². The Labute approximate surface area is 119 Å². The molecule has 1 unspecified atom stereocenters. The minimum absolute atomic E-state index is 0.206. The van der Waals surface area contributed by atoms with Gasteiger partial charge in [-0.05, 0) is 51.3 Å². The van der Waals surface area contributed by atoms with E-state index < -0.39 is 0 Å². The second kappa shape index (κ2) is 6.14. The Bertz CT molecular complexity index is 560. The maximum atomic E-state index is 13.3. The van der Waals surface area contributed by atoms with E-state index in [-0.39, 0.29) is 11.9 Å². The van der Waals surface area contributed by atoms with E-state index in [2.05, 4.69) is 21.4 Å². The van der Waals surface area contributed by atoms with Crippen molar-refractivity contribution in [3.05, 3.63) is 63.9 Å². The summed E-state index contributed by atoms with van der Waals surface area (Å²) in [5.74, 6) is 6.09. The molecule has 0 aliphatic rings. The van der Waals surface area contributed by atoms with Crippen LogP contribution in [0.25, 0.3) is 0 Å². The van der Waals surface area contributed by atoms with Crippen molar-refractivity contribution in [2.75, 3.05) is 7.11 Å². The molecule has 0 aromatic heterocycles. The van der Waals surface area contributed by atoms with Crippen LogP contribution in [-0.4, -0.2) is 7.11 Å². The molecule has 0 aliphatic heterocycles. The molecule has 0 amide bonds. The highest BCUT2D eigenvalue weighted by molar-refractivity contribution is 9.10. The number of hydrogen-bond donors (Lipinski definition) is 2. The molecule has 0 fully saturated rings. The Kier molecular flexibility index (Phi) is 4.52. The molecule has 1 atom stereocenters. The summed E-state index contributed by atoms with van der Waals surface area (Å²) in [6.07, 6.45) is 0. The second-order valence-corrected chi connectivity index (χ2v) is 4.90. The Morgan fingerprint density at radius 3 is 2.32 bits per heavy atom. The molecule has 0 saturated carbocycles. The molecule has 2 aromatic rings. The second-order valence-electron chi connectivity index (χ2n) is 4.05. The summed E-state index contributed by atoms with van der Waals surface area (Å²) in [5.41, 5.74) is 4.58. The summed E-state index contributed by atoms with van der Waals surface area (Å²) in [6, 6.07) is 12.2. The van der Waals surface area contributed by atoms with Gasteiger partial charge in [0.15, 0.2) is 0 Å². The van der Waals surface area contributed by atoms with Crippen LogP contribution in [0.2, 0.25) is 0 Å². The molecule has 0 aliphatic carbocycles. The van der Waals surface area contributed by atoms with Gasteiger partial charge in [0.25, 0.3) is 0 Å². The third-order valence-corrected chi connectivity index (χ3v) is 3.50. The van der Waals surface area contributed by atoms with Gasteiger partial charge in [-0.1, -0.05) is 18.2 Å². The number of hydrogen-bond acceptors (Lipinski definition) is 3. The number of halogens is 2. The first-order valence-corrected chi connectivity index (χ1v) is 6.50. The normalized spacial score (nSPS) is 12.2. The highest BCUT2D eigenvalue weighted by Gasteiger charge is 2.13. The molecule has 0 heterocycles. The lowest BCUT2D eigenvalue weighted by molar-refractivity contribution is 0.414. The van der Waals surface area contributed by atoms with E-state index in [1.54, 1.807) is 19.2 Å². The van der Waals surface area contributed by atoms with Gasteiger partial charge in [0, 0.05) is 0 Å². The van der Waals surface area contributed by atoms with Crippen molar-refractivity contribution in [1.82, 2.24) is 5.43 Å². The molecule has 0 bridgehead atoms. The van der Waals surface area contributed by atoms with Crippen molar-refractivity contribution in [2.24, 2.45) is 5.84 Å². The SMILES string of the molecule is COc1ccc(C(NN)c2ccc(F)c(Br)c2)cc1. The Morgan fingerprint density at radius 1 is 1.16 bits per heavy atom. The van der Waals surface area contributed by atoms with Crippen LogP contribution in [0.5, 0.6) is 5.75 Å². The number of nitrogens with two attached hydrogens (primary N) is 1. The minimum Gasteiger partial charge on any atom is -0.497 e. The van der Waals surface area contributed by atoms with Crippen LogP contribution < -0.4 is 16.0 Å². The van der Waals surface area contributed by atoms with E-state index in [0.29, 0.717) is 4.47 Å². The van der Waals surface area contributed by atoms with E-state index in [1.807, 2.05) is 24.3 Å². The molecule has 3 nitrogen and oxygen atoms in total. The first-order chi connectivity index (χ1) is 9.15. The number of nitrogens with one attached hydrogen (secondary N) is 1. The van der Waals surface area contributed by atoms with Crippen LogP contribution in [0.15, 0.2) is 46.9 Å². The van der Waals surface area contributed by atoms with Crippen molar-refractivity contribution in [3.8, 4) is 5.75 Å². The van der Waals surface area contributed by atoms with Crippen molar-refractivity contribution < 1.29 is 9.13 Å². The van der Waals surface area contributed by atoms with Gasteiger partial charge in [-0.25, -0.2) is 9.82 Å². The lowest BCUT2D eigenvalue weighted by Crippen LogP contribution is -2.28. The van der Waals surface area contributed by atoms with Gasteiger partial charge in [0.05, 0.1) is 17.6 Å². The van der Waals surface area contributed by atoms with Crippen LogP contribution in [0.4, 0.5) is 4.39 Å². The summed E-state index contributed by atoms with van der Waals surface area (Å²) in [4.78, 5) is 0. The zero-order valence-electron chi connectivity index (χ0n) is 10.4. The molecule has 3 N–H and O–H groups in total.